The van der Waals surface area contributed by atoms with E-state index >= 15 is 0 Å². The van der Waals surface area contributed by atoms with Crippen molar-refractivity contribution in [1.29, 1.82) is 0 Å². The van der Waals surface area contributed by atoms with Crippen LogP contribution in [0.4, 0.5) is 5.82 Å². The van der Waals surface area contributed by atoms with E-state index in [1.165, 1.54) is 0 Å². The molecule has 1 aromatic heterocycles. The number of hydrogen-bond donors (Lipinski definition) is 1. The summed E-state index contributed by atoms with van der Waals surface area (Å²) in [5.74, 6) is 1.04. The summed E-state index contributed by atoms with van der Waals surface area (Å²) in [4.78, 5) is 6.79. The molecule has 0 aromatic carbocycles. The van der Waals surface area contributed by atoms with Gasteiger partial charge >= 0.3 is 0 Å². The van der Waals surface area contributed by atoms with E-state index in [-0.39, 0.29) is 6.04 Å². The van der Waals surface area contributed by atoms with Gasteiger partial charge in [0.2, 0.25) is 0 Å². The lowest BCUT2D eigenvalue weighted by Gasteiger charge is -2.33. The molecule has 0 unspecified atom stereocenters. The van der Waals surface area contributed by atoms with Crippen molar-refractivity contribution in [2.45, 2.75) is 31.9 Å². The van der Waals surface area contributed by atoms with Crippen molar-refractivity contribution in [2.75, 3.05) is 25.1 Å². The van der Waals surface area contributed by atoms with Gasteiger partial charge in [0.05, 0.1) is 6.10 Å². The van der Waals surface area contributed by atoms with Gasteiger partial charge in [0.15, 0.2) is 0 Å². The number of piperidine rings is 1. The first-order chi connectivity index (χ1) is 8.22. The summed E-state index contributed by atoms with van der Waals surface area (Å²) in [5, 5.41) is 0. The number of rotatable bonds is 3. The zero-order chi connectivity index (χ0) is 12.3. The Kier molecular flexibility index (Phi) is 3.97. The molecule has 94 valence electrons. The number of ether oxygens (including phenoxy) is 1. The lowest BCUT2D eigenvalue weighted by atomic mass is 10.1. The maximum atomic E-state index is 5.98. The van der Waals surface area contributed by atoms with Gasteiger partial charge in [-0.05, 0) is 25.8 Å². The van der Waals surface area contributed by atoms with Crippen LogP contribution in [-0.4, -0.2) is 31.3 Å². The minimum Gasteiger partial charge on any atom is -0.381 e. The van der Waals surface area contributed by atoms with Crippen LogP contribution in [0.5, 0.6) is 0 Å². The molecule has 0 aliphatic carbocycles. The van der Waals surface area contributed by atoms with Gasteiger partial charge in [-0.25, -0.2) is 4.98 Å². The van der Waals surface area contributed by atoms with E-state index in [9.17, 15) is 0 Å². The van der Waals surface area contributed by atoms with Gasteiger partial charge in [0.1, 0.15) is 5.82 Å². The van der Waals surface area contributed by atoms with Crippen LogP contribution >= 0.6 is 0 Å². The van der Waals surface area contributed by atoms with Crippen molar-refractivity contribution in [1.82, 2.24) is 4.98 Å². The van der Waals surface area contributed by atoms with Gasteiger partial charge in [0.25, 0.3) is 0 Å². The molecule has 4 heteroatoms. The molecule has 0 saturated carbocycles. The van der Waals surface area contributed by atoms with Crippen molar-refractivity contribution in [3.05, 3.63) is 23.9 Å². The van der Waals surface area contributed by atoms with Crippen LogP contribution in [0.1, 0.15) is 31.4 Å². The van der Waals surface area contributed by atoms with Crippen LogP contribution in [0.2, 0.25) is 0 Å². The monoisotopic (exact) mass is 235 g/mol. The zero-order valence-corrected chi connectivity index (χ0v) is 10.6. The number of anilines is 1. The molecule has 4 nitrogen and oxygen atoms in total. The molecule has 1 aliphatic rings. The molecule has 1 saturated heterocycles. The molecule has 1 fully saturated rings. The van der Waals surface area contributed by atoms with Crippen molar-refractivity contribution < 1.29 is 4.74 Å². The van der Waals surface area contributed by atoms with Gasteiger partial charge in [-0.2, -0.15) is 0 Å². The normalized spacial score (nSPS) is 19.4. The summed E-state index contributed by atoms with van der Waals surface area (Å²) in [6.07, 6.45) is 4.36. The Morgan fingerprint density at radius 1 is 1.47 bits per heavy atom. The standard InChI is InChI=1S/C13H21N3O/c1-10(14)12-4-3-7-15-13(12)16-8-5-11(17-2)6-9-16/h3-4,7,10-11H,5-6,8-9,14H2,1-2H3/t10-/m1/s1. The maximum Gasteiger partial charge on any atom is 0.133 e. The first-order valence-corrected chi connectivity index (χ1v) is 6.20. The molecule has 0 spiro atoms. The second kappa shape index (κ2) is 5.47. The minimum absolute atomic E-state index is 0.0267. The lowest BCUT2D eigenvalue weighted by molar-refractivity contribution is 0.0817. The van der Waals surface area contributed by atoms with Crippen LogP contribution < -0.4 is 10.6 Å². The second-order valence-corrected chi connectivity index (χ2v) is 4.63. The zero-order valence-electron chi connectivity index (χ0n) is 10.6. The minimum atomic E-state index is 0.0267. The molecule has 1 atom stereocenters. The SMILES string of the molecule is COC1CCN(c2ncccc2[C@@H](C)N)CC1. The molecule has 0 amide bonds. The number of aromatic nitrogens is 1. The summed E-state index contributed by atoms with van der Waals surface area (Å²) in [6, 6.07) is 4.04. The summed E-state index contributed by atoms with van der Waals surface area (Å²) in [5.41, 5.74) is 7.11. The van der Waals surface area contributed by atoms with Gasteiger partial charge < -0.3 is 15.4 Å². The van der Waals surface area contributed by atoms with E-state index in [1.807, 2.05) is 19.2 Å². The van der Waals surface area contributed by atoms with Crippen molar-refractivity contribution in [3.63, 3.8) is 0 Å². The second-order valence-electron chi connectivity index (χ2n) is 4.63. The highest BCUT2D eigenvalue weighted by Gasteiger charge is 2.22. The highest BCUT2D eigenvalue weighted by atomic mass is 16.5. The lowest BCUT2D eigenvalue weighted by Crippen LogP contribution is -2.38. The molecule has 1 aliphatic heterocycles. The third-order valence-corrected chi connectivity index (χ3v) is 3.38. The van der Waals surface area contributed by atoms with E-state index in [0.29, 0.717) is 6.10 Å². The molecule has 0 bridgehead atoms. The van der Waals surface area contributed by atoms with Crippen molar-refractivity contribution >= 4 is 5.82 Å². The molecular formula is C13H21N3O. The molecule has 0 radical (unpaired) electrons. The Balaban J connectivity index is 2.13. The van der Waals surface area contributed by atoms with Crippen LogP contribution in [0, 0.1) is 0 Å². The predicted molar refractivity (Wildman–Crippen MR) is 69.1 cm³/mol. The number of nitrogens with zero attached hydrogens (tertiary/aromatic N) is 2. The molecule has 2 N–H and O–H groups in total. The van der Waals surface area contributed by atoms with E-state index in [2.05, 4.69) is 16.0 Å². The van der Waals surface area contributed by atoms with E-state index in [1.54, 1.807) is 7.11 Å². The smallest absolute Gasteiger partial charge is 0.133 e. The molecular weight excluding hydrogens is 214 g/mol. The van der Waals surface area contributed by atoms with E-state index < -0.39 is 0 Å². The Bertz CT molecular complexity index is 359. The first kappa shape index (κ1) is 12.3. The summed E-state index contributed by atoms with van der Waals surface area (Å²) < 4.78 is 5.38. The predicted octanol–water partition coefficient (Wildman–Crippen LogP) is 1.72. The van der Waals surface area contributed by atoms with E-state index in [4.69, 9.17) is 10.5 Å². The fraction of sp³-hybridized carbons (Fsp3) is 0.615. The fourth-order valence-corrected chi connectivity index (χ4v) is 2.33. The largest absolute Gasteiger partial charge is 0.381 e. The molecule has 17 heavy (non-hydrogen) atoms. The van der Waals surface area contributed by atoms with Gasteiger partial charge in [-0.15, -0.1) is 0 Å². The maximum absolute atomic E-state index is 5.98. The third-order valence-electron chi connectivity index (χ3n) is 3.38. The molecule has 2 heterocycles. The van der Waals surface area contributed by atoms with E-state index in [0.717, 1.165) is 37.3 Å². The number of hydrogen-bond acceptors (Lipinski definition) is 4. The van der Waals surface area contributed by atoms with Gasteiger partial charge in [-0.3, -0.25) is 0 Å². The highest BCUT2D eigenvalue weighted by molar-refractivity contribution is 5.48. The van der Waals surface area contributed by atoms with Crippen LogP contribution in [0.3, 0.4) is 0 Å². The van der Waals surface area contributed by atoms with Gasteiger partial charge in [0, 0.05) is 38.0 Å². The fourth-order valence-electron chi connectivity index (χ4n) is 2.33. The Labute approximate surface area is 103 Å². The summed E-state index contributed by atoms with van der Waals surface area (Å²) in [6.45, 7) is 3.99. The van der Waals surface area contributed by atoms with Crippen LogP contribution in [0.15, 0.2) is 18.3 Å². The van der Waals surface area contributed by atoms with Crippen molar-refractivity contribution in [2.24, 2.45) is 5.73 Å². The average molecular weight is 235 g/mol. The molecule has 1 aromatic rings. The summed E-state index contributed by atoms with van der Waals surface area (Å²) in [7, 11) is 1.79. The highest BCUT2D eigenvalue weighted by Crippen LogP contribution is 2.25. The number of nitrogens with two attached hydrogens (primary N) is 1. The number of methoxy groups -OCH3 is 1. The quantitative estimate of drug-likeness (QED) is 0.866. The average Bonchev–Trinajstić information content (AvgIpc) is 2.39. The summed E-state index contributed by atoms with van der Waals surface area (Å²) >= 11 is 0. The Hall–Kier alpha value is -1.13. The topological polar surface area (TPSA) is 51.4 Å². The molecule has 2 rings (SSSR count). The van der Waals surface area contributed by atoms with Crippen molar-refractivity contribution in [3.8, 4) is 0 Å². The Morgan fingerprint density at radius 2 is 2.18 bits per heavy atom. The van der Waals surface area contributed by atoms with Crippen LogP contribution in [0.25, 0.3) is 0 Å². The van der Waals surface area contributed by atoms with Crippen LogP contribution in [-0.2, 0) is 4.74 Å². The first-order valence-electron chi connectivity index (χ1n) is 6.20. The Morgan fingerprint density at radius 3 is 2.76 bits per heavy atom. The third kappa shape index (κ3) is 2.76. The number of pyridine rings is 1. The van der Waals surface area contributed by atoms with Gasteiger partial charge in [-0.1, -0.05) is 6.07 Å².